The third-order valence-corrected chi connectivity index (χ3v) is 4.77. The van der Waals surface area contributed by atoms with Crippen molar-refractivity contribution >= 4 is 11.6 Å². The number of carbonyl (C=O) groups is 1. The van der Waals surface area contributed by atoms with E-state index in [1.807, 2.05) is 12.1 Å². The summed E-state index contributed by atoms with van der Waals surface area (Å²) in [5, 5.41) is 6.56. The molecule has 1 aromatic carbocycles. The lowest BCUT2D eigenvalue weighted by molar-refractivity contribution is -0.124. The number of nitrogens with one attached hydrogen (secondary N) is 2. The molecular formula is C17H24N2O. The Morgan fingerprint density at radius 1 is 1.40 bits per heavy atom. The second kappa shape index (κ2) is 5.47. The molecule has 108 valence electrons. The lowest BCUT2D eigenvalue weighted by Crippen LogP contribution is -2.40. The van der Waals surface area contributed by atoms with Gasteiger partial charge in [-0.3, -0.25) is 4.79 Å². The zero-order valence-electron chi connectivity index (χ0n) is 12.2. The van der Waals surface area contributed by atoms with Crippen LogP contribution >= 0.6 is 0 Å². The molecule has 0 radical (unpaired) electrons. The van der Waals surface area contributed by atoms with E-state index < -0.39 is 0 Å². The number of anilines is 1. The largest absolute Gasteiger partial charge is 0.384 e. The van der Waals surface area contributed by atoms with Gasteiger partial charge in [-0.25, -0.2) is 0 Å². The molecule has 1 aliphatic carbocycles. The summed E-state index contributed by atoms with van der Waals surface area (Å²) < 4.78 is 0. The lowest BCUT2D eigenvalue weighted by Gasteiger charge is -2.26. The highest BCUT2D eigenvalue weighted by atomic mass is 16.1. The van der Waals surface area contributed by atoms with Crippen LogP contribution in [0.3, 0.4) is 0 Å². The van der Waals surface area contributed by atoms with Crippen molar-refractivity contribution in [3.8, 4) is 0 Å². The Balaban J connectivity index is 1.54. The van der Waals surface area contributed by atoms with Crippen LogP contribution in [0, 0.1) is 11.3 Å². The maximum atomic E-state index is 12.3. The van der Waals surface area contributed by atoms with E-state index >= 15 is 0 Å². The van der Waals surface area contributed by atoms with Crippen LogP contribution in [0.25, 0.3) is 0 Å². The molecule has 1 fully saturated rings. The smallest absolute Gasteiger partial charge is 0.225 e. The Morgan fingerprint density at radius 3 is 2.95 bits per heavy atom. The van der Waals surface area contributed by atoms with Crippen molar-refractivity contribution in [2.45, 2.75) is 39.0 Å². The number of rotatable bonds is 5. The SMILES string of the molecule is CCCC1(CNC(=O)C2CNc3ccccc3C2)CC1. The molecule has 3 rings (SSSR count). The highest BCUT2D eigenvalue weighted by molar-refractivity contribution is 5.80. The van der Waals surface area contributed by atoms with Gasteiger partial charge in [0.2, 0.25) is 5.91 Å². The first-order chi connectivity index (χ1) is 9.72. The molecule has 1 heterocycles. The first kappa shape index (κ1) is 13.5. The number of para-hydroxylation sites is 1. The number of carbonyl (C=O) groups excluding carboxylic acids is 1. The van der Waals surface area contributed by atoms with Crippen molar-refractivity contribution in [1.82, 2.24) is 5.32 Å². The predicted octanol–water partition coefficient (Wildman–Crippen LogP) is 2.97. The average molecular weight is 272 g/mol. The van der Waals surface area contributed by atoms with Crippen LogP contribution in [0.4, 0.5) is 5.69 Å². The lowest BCUT2D eigenvalue weighted by atomic mass is 9.93. The van der Waals surface area contributed by atoms with E-state index in [0.29, 0.717) is 5.41 Å². The standard InChI is InChI=1S/C17H24N2O/c1-2-7-17(8-9-17)12-19-16(20)14-10-13-5-3-4-6-15(13)18-11-14/h3-6,14,18H,2,7-12H2,1H3,(H,19,20). The van der Waals surface area contributed by atoms with Crippen molar-refractivity contribution in [3.05, 3.63) is 29.8 Å². The molecule has 20 heavy (non-hydrogen) atoms. The molecule has 2 aliphatic rings. The van der Waals surface area contributed by atoms with Gasteiger partial charge in [0.15, 0.2) is 0 Å². The van der Waals surface area contributed by atoms with E-state index in [0.717, 1.165) is 19.5 Å². The Hall–Kier alpha value is -1.51. The van der Waals surface area contributed by atoms with Gasteiger partial charge in [-0.15, -0.1) is 0 Å². The van der Waals surface area contributed by atoms with E-state index in [1.165, 1.54) is 36.9 Å². The van der Waals surface area contributed by atoms with Crippen molar-refractivity contribution in [2.75, 3.05) is 18.4 Å². The molecule has 2 N–H and O–H groups in total. The maximum absolute atomic E-state index is 12.3. The molecule has 1 aromatic rings. The molecule has 1 aliphatic heterocycles. The third kappa shape index (κ3) is 2.82. The molecule has 0 bridgehead atoms. The minimum absolute atomic E-state index is 0.0716. The molecule has 0 spiro atoms. The van der Waals surface area contributed by atoms with Gasteiger partial charge in [0.25, 0.3) is 0 Å². The third-order valence-electron chi connectivity index (χ3n) is 4.77. The van der Waals surface area contributed by atoms with Gasteiger partial charge < -0.3 is 10.6 Å². The zero-order valence-corrected chi connectivity index (χ0v) is 12.2. The molecule has 0 saturated heterocycles. The van der Waals surface area contributed by atoms with Crippen LogP contribution in [0.2, 0.25) is 0 Å². The van der Waals surface area contributed by atoms with Gasteiger partial charge in [-0.1, -0.05) is 31.5 Å². The molecule has 1 unspecified atom stereocenters. The summed E-state index contributed by atoms with van der Waals surface area (Å²) in [7, 11) is 0. The van der Waals surface area contributed by atoms with Crippen molar-refractivity contribution in [3.63, 3.8) is 0 Å². The minimum Gasteiger partial charge on any atom is -0.384 e. The fourth-order valence-electron chi connectivity index (χ4n) is 3.27. The summed E-state index contributed by atoms with van der Waals surface area (Å²) in [6, 6.07) is 8.28. The summed E-state index contributed by atoms with van der Waals surface area (Å²) >= 11 is 0. The van der Waals surface area contributed by atoms with E-state index in [1.54, 1.807) is 0 Å². The molecule has 1 saturated carbocycles. The van der Waals surface area contributed by atoms with Crippen LogP contribution in [0.15, 0.2) is 24.3 Å². The van der Waals surface area contributed by atoms with Crippen molar-refractivity contribution in [1.29, 1.82) is 0 Å². The number of fused-ring (bicyclic) bond motifs is 1. The van der Waals surface area contributed by atoms with E-state index in [2.05, 4.69) is 29.7 Å². The second-order valence-electron chi connectivity index (χ2n) is 6.41. The van der Waals surface area contributed by atoms with E-state index in [4.69, 9.17) is 0 Å². The fourth-order valence-corrected chi connectivity index (χ4v) is 3.27. The summed E-state index contributed by atoms with van der Waals surface area (Å²) in [5.74, 6) is 0.289. The van der Waals surface area contributed by atoms with Crippen LogP contribution < -0.4 is 10.6 Å². The fraction of sp³-hybridized carbons (Fsp3) is 0.588. The van der Waals surface area contributed by atoms with Gasteiger partial charge in [0, 0.05) is 18.8 Å². The van der Waals surface area contributed by atoms with Gasteiger partial charge in [-0.2, -0.15) is 0 Å². The Labute approximate surface area is 121 Å². The number of benzene rings is 1. The quantitative estimate of drug-likeness (QED) is 0.865. The highest BCUT2D eigenvalue weighted by Gasteiger charge is 2.41. The van der Waals surface area contributed by atoms with Crippen molar-refractivity contribution in [2.24, 2.45) is 11.3 Å². The molecule has 3 heteroatoms. The first-order valence-corrected chi connectivity index (χ1v) is 7.82. The summed E-state index contributed by atoms with van der Waals surface area (Å²) in [4.78, 5) is 12.3. The Morgan fingerprint density at radius 2 is 2.20 bits per heavy atom. The van der Waals surface area contributed by atoms with Crippen LogP contribution in [-0.4, -0.2) is 19.0 Å². The summed E-state index contributed by atoms with van der Waals surface area (Å²) in [6.45, 7) is 3.85. The van der Waals surface area contributed by atoms with Gasteiger partial charge in [0.1, 0.15) is 0 Å². The van der Waals surface area contributed by atoms with Gasteiger partial charge in [-0.05, 0) is 42.7 Å². The number of hydrogen-bond donors (Lipinski definition) is 2. The minimum atomic E-state index is 0.0716. The zero-order chi connectivity index (χ0) is 14.0. The van der Waals surface area contributed by atoms with Gasteiger partial charge in [0.05, 0.1) is 5.92 Å². The Bertz CT molecular complexity index is 494. The van der Waals surface area contributed by atoms with Crippen molar-refractivity contribution < 1.29 is 4.79 Å². The first-order valence-electron chi connectivity index (χ1n) is 7.82. The predicted molar refractivity (Wildman–Crippen MR) is 81.7 cm³/mol. The monoisotopic (exact) mass is 272 g/mol. The number of hydrogen-bond acceptors (Lipinski definition) is 2. The summed E-state index contributed by atoms with van der Waals surface area (Å²) in [6.07, 6.45) is 5.89. The topological polar surface area (TPSA) is 41.1 Å². The normalized spacial score (nSPS) is 22.6. The van der Waals surface area contributed by atoms with Gasteiger partial charge >= 0.3 is 0 Å². The molecule has 1 atom stereocenters. The molecule has 0 aromatic heterocycles. The van der Waals surface area contributed by atoms with E-state index in [-0.39, 0.29) is 11.8 Å². The summed E-state index contributed by atoms with van der Waals surface area (Å²) in [5.41, 5.74) is 2.87. The number of amides is 1. The van der Waals surface area contributed by atoms with Crippen LogP contribution in [0.1, 0.15) is 38.2 Å². The molecule has 1 amide bonds. The Kier molecular flexibility index (Phi) is 3.68. The second-order valence-corrected chi connectivity index (χ2v) is 6.41. The average Bonchev–Trinajstić information content (AvgIpc) is 3.25. The maximum Gasteiger partial charge on any atom is 0.225 e. The molecular weight excluding hydrogens is 248 g/mol. The van der Waals surface area contributed by atoms with Crippen LogP contribution in [0.5, 0.6) is 0 Å². The van der Waals surface area contributed by atoms with E-state index in [9.17, 15) is 4.79 Å². The molecule has 3 nitrogen and oxygen atoms in total. The highest BCUT2D eigenvalue weighted by Crippen LogP contribution is 2.48. The van der Waals surface area contributed by atoms with Crippen LogP contribution in [-0.2, 0) is 11.2 Å².